The highest BCUT2D eigenvalue weighted by Crippen LogP contribution is 2.28. The fourth-order valence-electron chi connectivity index (χ4n) is 1.56. The van der Waals surface area contributed by atoms with Gasteiger partial charge in [0.15, 0.2) is 6.17 Å². The Morgan fingerprint density at radius 3 is 2.82 bits per heavy atom. The van der Waals surface area contributed by atoms with Gasteiger partial charge in [-0.25, -0.2) is 0 Å². The molecule has 5 nitrogen and oxygen atoms in total. The predicted molar refractivity (Wildman–Crippen MR) is 66.8 cm³/mol. The number of nitrogens with zero attached hydrogens (tertiary/aromatic N) is 4. The molecule has 0 radical (unpaired) electrons. The Bertz CT molecular complexity index is 463. The van der Waals surface area contributed by atoms with Gasteiger partial charge in [-0.1, -0.05) is 18.5 Å². The summed E-state index contributed by atoms with van der Waals surface area (Å²) < 4.78 is 0. The van der Waals surface area contributed by atoms with Gasteiger partial charge in [0.1, 0.15) is 5.75 Å². The van der Waals surface area contributed by atoms with Crippen LogP contribution >= 0.6 is 11.6 Å². The number of rotatable bonds is 2. The molecule has 6 heteroatoms. The molecule has 90 valence electrons. The molecule has 0 aliphatic carbocycles. The quantitative estimate of drug-likeness (QED) is 0.823. The highest BCUT2D eigenvalue weighted by Gasteiger charge is 2.24. The van der Waals surface area contributed by atoms with Gasteiger partial charge in [-0.15, -0.1) is 0 Å². The molecule has 1 aliphatic heterocycles. The lowest BCUT2D eigenvalue weighted by molar-refractivity contribution is 0.253. The van der Waals surface area contributed by atoms with E-state index in [4.69, 9.17) is 11.6 Å². The van der Waals surface area contributed by atoms with Crippen molar-refractivity contribution in [3.8, 4) is 5.75 Å². The van der Waals surface area contributed by atoms with Crippen molar-refractivity contribution in [2.24, 2.45) is 21.2 Å². The zero-order valence-electron chi connectivity index (χ0n) is 9.58. The highest BCUT2D eigenvalue weighted by molar-refractivity contribution is 6.32. The van der Waals surface area contributed by atoms with E-state index >= 15 is 0 Å². The zero-order valence-corrected chi connectivity index (χ0v) is 10.3. The number of benzene rings is 1. The van der Waals surface area contributed by atoms with Crippen molar-refractivity contribution in [3.05, 3.63) is 23.2 Å². The van der Waals surface area contributed by atoms with Gasteiger partial charge in [0.25, 0.3) is 0 Å². The Morgan fingerprint density at radius 1 is 1.47 bits per heavy atom. The molecule has 2 rings (SSSR count). The molecule has 0 aromatic heterocycles. The average molecular weight is 253 g/mol. The molecule has 1 aliphatic rings. The molecule has 0 saturated carbocycles. The molecule has 0 saturated heterocycles. The summed E-state index contributed by atoms with van der Waals surface area (Å²) in [4.78, 5) is 0. The number of aromatic hydroxyl groups is 1. The largest absolute Gasteiger partial charge is 0.506 e. The predicted octanol–water partition coefficient (Wildman–Crippen LogP) is 3.02. The summed E-state index contributed by atoms with van der Waals surface area (Å²) >= 11 is 5.78. The van der Waals surface area contributed by atoms with Gasteiger partial charge < -0.3 is 5.11 Å². The first kappa shape index (κ1) is 11.9. The molecule has 0 bridgehead atoms. The van der Waals surface area contributed by atoms with Crippen molar-refractivity contribution in [1.82, 2.24) is 5.01 Å². The van der Waals surface area contributed by atoms with Crippen molar-refractivity contribution in [1.29, 1.82) is 0 Å². The van der Waals surface area contributed by atoms with E-state index in [-0.39, 0.29) is 22.9 Å². The third kappa shape index (κ3) is 2.55. The second-order valence-corrected chi connectivity index (χ2v) is 4.37. The van der Waals surface area contributed by atoms with E-state index in [9.17, 15) is 5.11 Å². The first-order chi connectivity index (χ1) is 8.08. The standard InChI is InChI=1S/C11H13ClN4O/c1-7-6-13-16(2)11(7)15-14-8-3-4-10(17)9(12)5-8/h3-7,11,17H,1-2H3. The summed E-state index contributed by atoms with van der Waals surface area (Å²) in [5, 5.41) is 23.7. The molecule has 1 aromatic rings. The highest BCUT2D eigenvalue weighted by atomic mass is 35.5. The molecule has 17 heavy (non-hydrogen) atoms. The minimum atomic E-state index is -0.0809. The molecule has 0 spiro atoms. The maximum Gasteiger partial charge on any atom is 0.165 e. The lowest BCUT2D eigenvalue weighted by Gasteiger charge is -2.16. The maximum absolute atomic E-state index is 9.28. The maximum atomic E-state index is 9.28. The third-order valence-electron chi connectivity index (χ3n) is 2.56. The van der Waals surface area contributed by atoms with Crippen LogP contribution in [0, 0.1) is 5.92 Å². The molecule has 1 N–H and O–H groups in total. The molecule has 2 unspecified atom stereocenters. The summed E-state index contributed by atoms with van der Waals surface area (Å²) in [5.74, 6) is 0.275. The van der Waals surface area contributed by atoms with Crippen LogP contribution in [-0.2, 0) is 0 Å². The summed E-state index contributed by atoms with van der Waals surface area (Å²) in [6.07, 6.45) is 1.76. The second-order valence-electron chi connectivity index (χ2n) is 3.96. The van der Waals surface area contributed by atoms with Crippen LogP contribution in [0.15, 0.2) is 33.5 Å². The van der Waals surface area contributed by atoms with Crippen LogP contribution in [-0.4, -0.2) is 29.5 Å². The van der Waals surface area contributed by atoms with Crippen molar-refractivity contribution < 1.29 is 5.11 Å². The van der Waals surface area contributed by atoms with Gasteiger partial charge in [0.2, 0.25) is 0 Å². The van der Waals surface area contributed by atoms with E-state index in [1.54, 1.807) is 17.1 Å². The van der Waals surface area contributed by atoms with E-state index in [0.717, 1.165) is 0 Å². The molecule has 2 atom stereocenters. The van der Waals surface area contributed by atoms with E-state index in [1.165, 1.54) is 6.07 Å². The smallest absolute Gasteiger partial charge is 0.165 e. The first-order valence-electron chi connectivity index (χ1n) is 5.24. The molecular formula is C11H13ClN4O. The Labute approximate surface area is 104 Å². The number of phenols is 1. The number of phenolic OH excluding ortho intramolecular Hbond substituents is 1. The molecule has 0 amide bonds. The van der Waals surface area contributed by atoms with Gasteiger partial charge in [0.05, 0.1) is 10.7 Å². The number of hydrazone groups is 1. The van der Waals surface area contributed by atoms with E-state index in [0.29, 0.717) is 5.69 Å². The number of azo groups is 1. The molecule has 1 aromatic carbocycles. The lowest BCUT2D eigenvalue weighted by Crippen LogP contribution is -2.25. The minimum absolute atomic E-state index is 0.0419. The second kappa shape index (κ2) is 4.71. The van der Waals surface area contributed by atoms with Gasteiger partial charge in [-0.3, -0.25) is 5.01 Å². The van der Waals surface area contributed by atoms with E-state index in [1.807, 2.05) is 20.2 Å². The van der Waals surface area contributed by atoms with Crippen molar-refractivity contribution in [3.63, 3.8) is 0 Å². The Morgan fingerprint density at radius 2 is 2.24 bits per heavy atom. The van der Waals surface area contributed by atoms with Crippen LogP contribution in [0.2, 0.25) is 5.02 Å². The Balaban J connectivity index is 2.12. The SMILES string of the molecule is CC1C=NN(C)C1N=Nc1ccc(O)c(Cl)c1. The first-order valence-corrected chi connectivity index (χ1v) is 5.62. The topological polar surface area (TPSA) is 60.5 Å². The monoisotopic (exact) mass is 252 g/mol. The van der Waals surface area contributed by atoms with Crippen molar-refractivity contribution >= 4 is 23.5 Å². The summed E-state index contributed by atoms with van der Waals surface area (Å²) in [6, 6.07) is 4.72. The van der Waals surface area contributed by atoms with Crippen LogP contribution in [0.1, 0.15) is 6.92 Å². The molecular weight excluding hydrogens is 240 g/mol. The van der Waals surface area contributed by atoms with Gasteiger partial charge in [0, 0.05) is 19.2 Å². The van der Waals surface area contributed by atoms with E-state index in [2.05, 4.69) is 15.3 Å². The number of halogens is 1. The van der Waals surface area contributed by atoms with Gasteiger partial charge in [-0.05, 0) is 18.2 Å². The van der Waals surface area contributed by atoms with Crippen LogP contribution in [0.5, 0.6) is 5.75 Å². The Hall–Kier alpha value is -1.62. The van der Waals surface area contributed by atoms with Crippen LogP contribution in [0.3, 0.4) is 0 Å². The van der Waals surface area contributed by atoms with Crippen LogP contribution in [0.25, 0.3) is 0 Å². The summed E-state index contributed by atoms with van der Waals surface area (Å²) in [7, 11) is 1.85. The summed E-state index contributed by atoms with van der Waals surface area (Å²) in [5.41, 5.74) is 0.611. The third-order valence-corrected chi connectivity index (χ3v) is 2.86. The fraction of sp³-hybridized carbons (Fsp3) is 0.364. The van der Waals surface area contributed by atoms with Gasteiger partial charge >= 0.3 is 0 Å². The van der Waals surface area contributed by atoms with Crippen LogP contribution < -0.4 is 0 Å². The summed E-state index contributed by atoms with van der Waals surface area (Å²) in [6.45, 7) is 2.03. The fourth-order valence-corrected chi connectivity index (χ4v) is 1.73. The average Bonchev–Trinajstić information content (AvgIpc) is 2.61. The van der Waals surface area contributed by atoms with Crippen LogP contribution in [0.4, 0.5) is 5.69 Å². The van der Waals surface area contributed by atoms with E-state index < -0.39 is 0 Å². The Kier molecular flexibility index (Phi) is 3.28. The molecule has 0 fully saturated rings. The molecule has 1 heterocycles. The number of hydrogen-bond donors (Lipinski definition) is 1. The van der Waals surface area contributed by atoms with Gasteiger partial charge in [-0.2, -0.15) is 15.3 Å². The van der Waals surface area contributed by atoms with Crippen molar-refractivity contribution in [2.45, 2.75) is 13.1 Å². The number of hydrogen-bond acceptors (Lipinski definition) is 5. The zero-order chi connectivity index (χ0) is 12.4. The minimum Gasteiger partial charge on any atom is -0.506 e. The van der Waals surface area contributed by atoms with Crippen molar-refractivity contribution in [2.75, 3.05) is 7.05 Å². The lowest BCUT2D eigenvalue weighted by atomic mass is 10.2. The normalized spacial score (nSPS) is 23.8.